The van der Waals surface area contributed by atoms with Crippen molar-refractivity contribution >= 4 is 11.9 Å². The minimum atomic E-state index is -0.813. The van der Waals surface area contributed by atoms with Crippen molar-refractivity contribution in [2.24, 2.45) is 0 Å². The number of amides is 3. The standard InChI is InChI=1S/C26H33N3O5/c1-33-16-4-13-29-25(32)28(19-20-7-9-23(34-2)10-8-20)24(31)26(29)11-14-27(15-12-26)18-21-5-3-6-22(30)17-21/h3,5-10,17,30H,4,11-16,18-19H2,1-2H3. The molecular weight excluding hydrogens is 434 g/mol. The Morgan fingerprint density at radius 1 is 0.971 bits per heavy atom. The molecule has 2 aliphatic rings. The van der Waals surface area contributed by atoms with Crippen molar-refractivity contribution < 1.29 is 24.2 Å². The first-order valence-corrected chi connectivity index (χ1v) is 11.7. The van der Waals surface area contributed by atoms with Gasteiger partial charge in [0.25, 0.3) is 5.91 Å². The molecule has 8 nitrogen and oxygen atoms in total. The summed E-state index contributed by atoms with van der Waals surface area (Å²) in [6.45, 7) is 3.38. The van der Waals surface area contributed by atoms with Crippen LogP contribution in [0.2, 0.25) is 0 Å². The van der Waals surface area contributed by atoms with Crippen molar-refractivity contribution in [3.8, 4) is 11.5 Å². The van der Waals surface area contributed by atoms with Crippen LogP contribution in [-0.4, -0.2) is 77.7 Å². The third kappa shape index (κ3) is 4.88. The number of hydrogen-bond acceptors (Lipinski definition) is 6. The highest BCUT2D eigenvalue weighted by atomic mass is 16.5. The normalized spacial score (nSPS) is 18.2. The van der Waals surface area contributed by atoms with Crippen LogP contribution in [0, 0.1) is 0 Å². The van der Waals surface area contributed by atoms with Gasteiger partial charge in [-0.3, -0.25) is 14.6 Å². The van der Waals surface area contributed by atoms with Crippen molar-refractivity contribution in [2.75, 3.05) is 40.5 Å². The Kier molecular flexibility index (Phi) is 7.38. The Morgan fingerprint density at radius 2 is 1.71 bits per heavy atom. The van der Waals surface area contributed by atoms with Crippen molar-refractivity contribution in [1.82, 2.24) is 14.7 Å². The zero-order valence-corrected chi connectivity index (χ0v) is 19.9. The lowest BCUT2D eigenvalue weighted by molar-refractivity contribution is -0.136. The predicted octanol–water partition coefficient (Wildman–Crippen LogP) is 3.24. The molecule has 2 aromatic carbocycles. The van der Waals surface area contributed by atoms with Crippen molar-refractivity contribution in [2.45, 2.75) is 37.9 Å². The van der Waals surface area contributed by atoms with Gasteiger partial charge in [-0.2, -0.15) is 0 Å². The fraction of sp³-hybridized carbons (Fsp3) is 0.462. The zero-order chi connectivity index (χ0) is 24.1. The molecule has 2 heterocycles. The van der Waals surface area contributed by atoms with Crippen LogP contribution in [0.4, 0.5) is 4.79 Å². The summed E-state index contributed by atoms with van der Waals surface area (Å²) in [6, 6.07) is 14.5. The molecule has 2 fully saturated rings. The smallest absolute Gasteiger partial charge is 0.327 e. The van der Waals surface area contributed by atoms with Gasteiger partial charge < -0.3 is 19.5 Å². The molecule has 0 bridgehead atoms. The topological polar surface area (TPSA) is 82.6 Å². The number of piperidine rings is 1. The average molecular weight is 468 g/mol. The number of aromatic hydroxyl groups is 1. The lowest BCUT2D eigenvalue weighted by Crippen LogP contribution is -2.56. The van der Waals surface area contributed by atoms with Gasteiger partial charge in [0.2, 0.25) is 0 Å². The second-order valence-corrected chi connectivity index (χ2v) is 9.00. The Balaban J connectivity index is 1.50. The van der Waals surface area contributed by atoms with Gasteiger partial charge in [-0.25, -0.2) is 4.79 Å². The van der Waals surface area contributed by atoms with Gasteiger partial charge in [0.05, 0.1) is 13.7 Å². The maximum absolute atomic E-state index is 13.7. The van der Waals surface area contributed by atoms with Crippen LogP contribution in [-0.2, 0) is 22.6 Å². The number of methoxy groups -OCH3 is 2. The Hall–Kier alpha value is -3.10. The summed E-state index contributed by atoms with van der Waals surface area (Å²) in [5.41, 5.74) is 1.10. The molecule has 34 heavy (non-hydrogen) atoms. The number of phenolic OH excluding ortho intramolecular Hbond substituents is 1. The largest absolute Gasteiger partial charge is 0.508 e. The molecular formula is C26H33N3O5. The van der Waals surface area contributed by atoms with Gasteiger partial charge in [0.1, 0.15) is 17.0 Å². The molecule has 2 aromatic rings. The molecule has 1 N–H and O–H groups in total. The minimum absolute atomic E-state index is 0.109. The van der Waals surface area contributed by atoms with E-state index >= 15 is 0 Å². The van der Waals surface area contributed by atoms with E-state index in [2.05, 4.69) is 4.90 Å². The number of ether oxygens (including phenoxy) is 2. The molecule has 0 aliphatic carbocycles. The van der Waals surface area contributed by atoms with E-state index in [1.165, 1.54) is 4.90 Å². The monoisotopic (exact) mass is 467 g/mol. The highest BCUT2D eigenvalue weighted by Crippen LogP contribution is 2.38. The second-order valence-electron chi connectivity index (χ2n) is 9.00. The summed E-state index contributed by atoms with van der Waals surface area (Å²) >= 11 is 0. The molecule has 4 rings (SSSR count). The third-order valence-corrected chi connectivity index (χ3v) is 6.85. The van der Waals surface area contributed by atoms with Crippen LogP contribution in [0.1, 0.15) is 30.4 Å². The molecule has 8 heteroatoms. The van der Waals surface area contributed by atoms with Gasteiger partial charge >= 0.3 is 6.03 Å². The molecule has 1 spiro atoms. The first-order valence-electron chi connectivity index (χ1n) is 11.7. The highest BCUT2D eigenvalue weighted by molar-refractivity contribution is 6.07. The van der Waals surface area contributed by atoms with Crippen LogP contribution in [0.3, 0.4) is 0 Å². The highest BCUT2D eigenvalue weighted by Gasteiger charge is 2.57. The number of nitrogens with zero attached hydrogens (tertiary/aromatic N) is 3. The van der Waals surface area contributed by atoms with E-state index in [0.717, 1.165) is 16.9 Å². The van der Waals surface area contributed by atoms with Gasteiger partial charge in [-0.1, -0.05) is 24.3 Å². The Labute approximate surface area is 200 Å². The number of likely N-dealkylation sites (tertiary alicyclic amines) is 1. The summed E-state index contributed by atoms with van der Waals surface area (Å²) in [4.78, 5) is 32.6. The predicted molar refractivity (Wildman–Crippen MR) is 127 cm³/mol. The van der Waals surface area contributed by atoms with Crippen LogP contribution in [0.25, 0.3) is 0 Å². The summed E-state index contributed by atoms with van der Waals surface area (Å²) in [5, 5.41) is 9.76. The zero-order valence-electron chi connectivity index (χ0n) is 19.9. The van der Waals surface area contributed by atoms with Crippen LogP contribution >= 0.6 is 0 Å². The van der Waals surface area contributed by atoms with Crippen LogP contribution < -0.4 is 4.74 Å². The van der Waals surface area contributed by atoms with E-state index in [1.807, 2.05) is 36.4 Å². The molecule has 182 valence electrons. The van der Waals surface area contributed by atoms with Crippen LogP contribution in [0.15, 0.2) is 48.5 Å². The van der Waals surface area contributed by atoms with E-state index < -0.39 is 5.54 Å². The van der Waals surface area contributed by atoms with Crippen molar-refractivity contribution in [1.29, 1.82) is 0 Å². The van der Waals surface area contributed by atoms with E-state index in [-0.39, 0.29) is 24.2 Å². The molecule has 2 saturated heterocycles. The van der Waals surface area contributed by atoms with Gasteiger partial charge in [0, 0.05) is 39.9 Å². The quantitative estimate of drug-likeness (QED) is 0.450. The molecule has 3 amide bonds. The average Bonchev–Trinajstić information content (AvgIpc) is 3.03. The number of carbonyl (C=O) groups is 2. The third-order valence-electron chi connectivity index (χ3n) is 6.85. The summed E-state index contributed by atoms with van der Waals surface area (Å²) < 4.78 is 10.4. The fourth-order valence-corrected chi connectivity index (χ4v) is 4.99. The summed E-state index contributed by atoms with van der Waals surface area (Å²) in [5.74, 6) is 0.878. The summed E-state index contributed by atoms with van der Waals surface area (Å²) in [7, 11) is 3.25. The first-order chi connectivity index (χ1) is 16.5. The maximum atomic E-state index is 13.7. The fourth-order valence-electron chi connectivity index (χ4n) is 4.99. The van der Waals surface area contributed by atoms with Crippen molar-refractivity contribution in [3.63, 3.8) is 0 Å². The molecule has 2 aliphatic heterocycles. The lowest BCUT2D eigenvalue weighted by atomic mass is 9.85. The van der Waals surface area contributed by atoms with E-state index in [1.54, 1.807) is 31.3 Å². The molecule has 0 radical (unpaired) electrons. The minimum Gasteiger partial charge on any atom is -0.508 e. The molecule has 0 saturated carbocycles. The Bertz CT molecular complexity index is 1000. The summed E-state index contributed by atoms with van der Waals surface area (Å²) in [6.07, 6.45) is 1.85. The molecule has 0 atom stereocenters. The van der Waals surface area contributed by atoms with Crippen LogP contribution in [0.5, 0.6) is 11.5 Å². The molecule has 0 aromatic heterocycles. The van der Waals surface area contributed by atoms with Gasteiger partial charge in [-0.15, -0.1) is 0 Å². The number of urea groups is 1. The number of benzene rings is 2. The van der Waals surface area contributed by atoms with E-state index in [4.69, 9.17) is 9.47 Å². The van der Waals surface area contributed by atoms with Crippen molar-refractivity contribution in [3.05, 3.63) is 59.7 Å². The maximum Gasteiger partial charge on any atom is 0.327 e. The Morgan fingerprint density at radius 3 is 2.35 bits per heavy atom. The lowest BCUT2D eigenvalue weighted by Gasteiger charge is -2.42. The number of rotatable bonds is 9. The molecule has 0 unspecified atom stereocenters. The number of hydrogen-bond donors (Lipinski definition) is 1. The number of imide groups is 1. The van der Waals surface area contributed by atoms with Gasteiger partial charge in [0.15, 0.2) is 0 Å². The van der Waals surface area contributed by atoms with E-state index in [0.29, 0.717) is 52.0 Å². The SMILES string of the molecule is COCCCN1C(=O)N(Cc2ccc(OC)cc2)C(=O)C12CCN(Cc1cccc(O)c1)CC2. The second kappa shape index (κ2) is 10.4. The first kappa shape index (κ1) is 24.0. The van der Waals surface area contributed by atoms with Gasteiger partial charge in [-0.05, 0) is 54.7 Å². The number of phenols is 1. The van der Waals surface area contributed by atoms with E-state index in [9.17, 15) is 14.7 Å². The number of carbonyl (C=O) groups excluding carboxylic acids is 2.